The van der Waals surface area contributed by atoms with Crippen LogP contribution in [0.25, 0.3) is 0 Å². The molecular weight excluding hydrogens is 270 g/mol. The molecule has 2 rings (SSSR count). The fourth-order valence-electron chi connectivity index (χ4n) is 3.01. The van der Waals surface area contributed by atoms with Gasteiger partial charge >= 0.3 is 0 Å². The summed E-state index contributed by atoms with van der Waals surface area (Å²) in [4.78, 5) is 19.9. The number of hydrogen-bond donors (Lipinski definition) is 1. The van der Waals surface area contributed by atoms with Crippen LogP contribution >= 0.6 is 11.3 Å². The molecule has 1 heterocycles. The molecule has 5 heteroatoms. The van der Waals surface area contributed by atoms with E-state index >= 15 is 0 Å². The van der Waals surface area contributed by atoms with Crippen LogP contribution in [0.2, 0.25) is 0 Å². The van der Waals surface area contributed by atoms with Gasteiger partial charge in [-0.05, 0) is 39.5 Å². The number of aromatic nitrogens is 1. The van der Waals surface area contributed by atoms with E-state index in [9.17, 15) is 4.79 Å². The summed E-state index contributed by atoms with van der Waals surface area (Å²) in [5.74, 6) is 0.562. The van der Waals surface area contributed by atoms with Gasteiger partial charge in [0.1, 0.15) is 0 Å². The van der Waals surface area contributed by atoms with Crippen LogP contribution in [0.4, 0.5) is 0 Å². The number of thiazole rings is 1. The quantitative estimate of drug-likeness (QED) is 0.929. The Hall–Kier alpha value is -0.940. The van der Waals surface area contributed by atoms with Crippen molar-refractivity contribution in [3.05, 3.63) is 15.6 Å². The van der Waals surface area contributed by atoms with E-state index in [0.717, 1.165) is 30.0 Å². The molecule has 1 aromatic heterocycles. The van der Waals surface area contributed by atoms with Crippen molar-refractivity contribution in [2.24, 2.45) is 11.7 Å². The minimum absolute atomic E-state index is 0.0892. The van der Waals surface area contributed by atoms with Crippen molar-refractivity contribution in [2.75, 3.05) is 7.05 Å². The normalized spacial score (nSPS) is 23.9. The minimum Gasteiger partial charge on any atom is -0.338 e. The van der Waals surface area contributed by atoms with Crippen molar-refractivity contribution < 1.29 is 4.79 Å². The molecule has 1 unspecified atom stereocenters. The van der Waals surface area contributed by atoms with Gasteiger partial charge in [-0.15, -0.1) is 11.3 Å². The molecule has 1 saturated carbocycles. The van der Waals surface area contributed by atoms with Gasteiger partial charge in [-0.25, -0.2) is 4.98 Å². The Morgan fingerprint density at radius 1 is 1.50 bits per heavy atom. The van der Waals surface area contributed by atoms with Crippen LogP contribution in [0.5, 0.6) is 0 Å². The van der Waals surface area contributed by atoms with Crippen molar-refractivity contribution in [1.29, 1.82) is 0 Å². The average molecular weight is 295 g/mol. The van der Waals surface area contributed by atoms with E-state index in [0.29, 0.717) is 12.3 Å². The second kappa shape index (κ2) is 6.22. The summed E-state index contributed by atoms with van der Waals surface area (Å²) in [6.07, 6.45) is 3.89. The van der Waals surface area contributed by atoms with E-state index in [1.807, 2.05) is 25.8 Å². The van der Waals surface area contributed by atoms with Crippen LogP contribution in [0, 0.1) is 19.8 Å². The van der Waals surface area contributed by atoms with Crippen molar-refractivity contribution in [1.82, 2.24) is 9.88 Å². The lowest BCUT2D eigenvalue weighted by atomic mass is 9.99. The number of rotatable bonds is 4. The van der Waals surface area contributed by atoms with E-state index in [4.69, 9.17) is 5.73 Å². The Morgan fingerprint density at radius 2 is 2.20 bits per heavy atom. The molecule has 3 atom stereocenters. The maximum Gasteiger partial charge on any atom is 0.223 e. The van der Waals surface area contributed by atoms with Crippen LogP contribution in [0.15, 0.2) is 0 Å². The number of nitrogens with two attached hydrogens (primary N) is 1. The molecule has 1 aliphatic carbocycles. The molecule has 2 N–H and O–H groups in total. The number of aryl methyl sites for hydroxylation is 2. The van der Waals surface area contributed by atoms with Gasteiger partial charge in [-0.1, -0.05) is 6.42 Å². The number of hydrogen-bond acceptors (Lipinski definition) is 4. The molecular formula is C15H25N3OS. The zero-order chi connectivity index (χ0) is 14.9. The number of carbonyl (C=O) groups is 1. The molecule has 0 saturated heterocycles. The van der Waals surface area contributed by atoms with Crippen molar-refractivity contribution >= 4 is 17.2 Å². The topological polar surface area (TPSA) is 59.2 Å². The zero-order valence-electron chi connectivity index (χ0n) is 12.8. The molecule has 0 radical (unpaired) electrons. The largest absolute Gasteiger partial charge is 0.338 e. The maximum atomic E-state index is 12.4. The van der Waals surface area contributed by atoms with Gasteiger partial charge < -0.3 is 10.6 Å². The monoisotopic (exact) mass is 295 g/mol. The van der Waals surface area contributed by atoms with Gasteiger partial charge in [0.2, 0.25) is 5.91 Å². The molecule has 1 amide bonds. The Labute approximate surface area is 125 Å². The molecule has 1 aromatic rings. The third-order valence-corrected chi connectivity index (χ3v) is 5.69. The number of nitrogens with zero attached hydrogens (tertiary/aromatic N) is 2. The predicted octanol–water partition coefficient (Wildman–Crippen LogP) is 2.80. The molecule has 20 heavy (non-hydrogen) atoms. The minimum atomic E-state index is 0.0892. The molecule has 0 spiro atoms. The summed E-state index contributed by atoms with van der Waals surface area (Å²) in [7, 11) is 1.89. The Morgan fingerprint density at radius 3 is 2.70 bits per heavy atom. The first kappa shape index (κ1) is 15.4. The molecule has 0 aliphatic heterocycles. The van der Waals surface area contributed by atoms with E-state index in [1.54, 1.807) is 11.3 Å². The fourth-order valence-corrected chi connectivity index (χ4v) is 4.04. The lowest BCUT2D eigenvalue weighted by Crippen LogP contribution is -2.34. The molecule has 1 fully saturated rings. The smallest absolute Gasteiger partial charge is 0.223 e. The first-order chi connectivity index (χ1) is 9.40. The van der Waals surface area contributed by atoms with Crippen LogP contribution in [0.3, 0.4) is 0 Å². The summed E-state index contributed by atoms with van der Waals surface area (Å²) < 4.78 is 0. The maximum absolute atomic E-state index is 12.4. The second-order valence-corrected chi connectivity index (χ2v) is 7.16. The van der Waals surface area contributed by atoms with E-state index in [1.165, 1.54) is 4.88 Å². The van der Waals surface area contributed by atoms with Crippen LogP contribution in [0.1, 0.15) is 54.2 Å². The third kappa shape index (κ3) is 3.20. The number of amides is 1. The molecule has 1 aliphatic rings. The van der Waals surface area contributed by atoms with Crippen LogP contribution in [-0.2, 0) is 4.79 Å². The summed E-state index contributed by atoms with van der Waals surface area (Å²) in [6.45, 7) is 6.10. The van der Waals surface area contributed by atoms with Gasteiger partial charge in [-0.3, -0.25) is 4.79 Å². The summed E-state index contributed by atoms with van der Waals surface area (Å²) in [5.41, 5.74) is 7.10. The van der Waals surface area contributed by atoms with Gasteiger partial charge in [0.25, 0.3) is 0 Å². The Bertz CT molecular complexity index is 485. The number of carbonyl (C=O) groups excluding carboxylic acids is 1. The van der Waals surface area contributed by atoms with Crippen molar-refractivity contribution in [3.63, 3.8) is 0 Å². The van der Waals surface area contributed by atoms with Crippen molar-refractivity contribution in [2.45, 2.75) is 58.5 Å². The van der Waals surface area contributed by atoms with Crippen LogP contribution in [-0.4, -0.2) is 28.9 Å². The lowest BCUT2D eigenvalue weighted by molar-refractivity contribution is -0.132. The summed E-state index contributed by atoms with van der Waals surface area (Å²) in [5, 5.41) is 1.06. The lowest BCUT2D eigenvalue weighted by Gasteiger charge is -2.26. The first-order valence-electron chi connectivity index (χ1n) is 7.35. The molecule has 0 bridgehead atoms. The third-order valence-electron chi connectivity index (χ3n) is 4.45. The highest BCUT2D eigenvalue weighted by Crippen LogP contribution is 2.31. The zero-order valence-corrected chi connectivity index (χ0v) is 13.7. The van der Waals surface area contributed by atoms with Gasteiger partial charge in [0, 0.05) is 24.4 Å². The second-order valence-electron chi connectivity index (χ2n) is 5.92. The summed E-state index contributed by atoms with van der Waals surface area (Å²) >= 11 is 1.68. The van der Waals surface area contributed by atoms with E-state index in [-0.39, 0.29) is 18.0 Å². The highest BCUT2D eigenvalue weighted by molar-refractivity contribution is 7.11. The summed E-state index contributed by atoms with van der Waals surface area (Å²) in [6, 6.07) is 0.293. The fraction of sp³-hybridized carbons (Fsp3) is 0.733. The first-order valence-corrected chi connectivity index (χ1v) is 8.17. The standard InChI is InChI=1S/C15H25N3OS/c1-9-15(20-11(3)17-9)10(2)18(4)14(19)8-12-6-5-7-13(12)16/h10,12-13H,5-8,16H2,1-4H3/t10?,12-,13+/m0/s1. The van der Waals surface area contributed by atoms with Crippen molar-refractivity contribution in [3.8, 4) is 0 Å². The highest BCUT2D eigenvalue weighted by atomic mass is 32.1. The Kier molecular flexibility index (Phi) is 4.81. The van der Waals surface area contributed by atoms with E-state index in [2.05, 4.69) is 11.9 Å². The molecule has 4 nitrogen and oxygen atoms in total. The Balaban J connectivity index is 2.01. The van der Waals surface area contributed by atoms with Crippen LogP contribution < -0.4 is 5.73 Å². The molecule has 112 valence electrons. The highest BCUT2D eigenvalue weighted by Gasteiger charge is 2.29. The predicted molar refractivity (Wildman–Crippen MR) is 82.7 cm³/mol. The molecule has 0 aromatic carbocycles. The average Bonchev–Trinajstić information content (AvgIpc) is 2.94. The SMILES string of the molecule is Cc1nc(C)c(C(C)N(C)C(=O)C[C@@H]2CCC[C@H]2N)s1. The van der Waals surface area contributed by atoms with Gasteiger partial charge in [0.15, 0.2) is 0 Å². The van der Waals surface area contributed by atoms with Gasteiger partial charge in [0.05, 0.1) is 16.7 Å². The van der Waals surface area contributed by atoms with E-state index < -0.39 is 0 Å². The van der Waals surface area contributed by atoms with Gasteiger partial charge in [-0.2, -0.15) is 0 Å².